The van der Waals surface area contributed by atoms with Gasteiger partial charge in [-0.25, -0.2) is 4.39 Å². The van der Waals surface area contributed by atoms with Gasteiger partial charge in [-0.15, -0.1) is 0 Å². The SMILES string of the molecule is OCCOCCO/N=C\c1ccc([18F])cc1. The van der Waals surface area contributed by atoms with Gasteiger partial charge >= 0.3 is 0 Å². The topological polar surface area (TPSA) is 51.0 Å². The van der Waals surface area contributed by atoms with Crippen LogP contribution < -0.4 is 0 Å². The summed E-state index contributed by atoms with van der Waals surface area (Å²) in [5.74, 6) is -0.282. The number of aliphatic hydroxyl groups excluding tert-OH is 1. The lowest BCUT2D eigenvalue weighted by molar-refractivity contribution is 0.0358. The number of aliphatic hydroxyl groups is 1. The van der Waals surface area contributed by atoms with E-state index in [0.29, 0.717) is 19.8 Å². The number of benzene rings is 1. The summed E-state index contributed by atoms with van der Waals surface area (Å²) in [7, 11) is 0. The Labute approximate surface area is 93.3 Å². The van der Waals surface area contributed by atoms with Gasteiger partial charge in [-0.3, -0.25) is 0 Å². The molecular weight excluding hydrogens is 212 g/mol. The van der Waals surface area contributed by atoms with Crippen molar-refractivity contribution in [1.82, 2.24) is 0 Å². The summed E-state index contributed by atoms with van der Waals surface area (Å²) in [6, 6.07) is 5.91. The van der Waals surface area contributed by atoms with Crippen molar-refractivity contribution in [2.24, 2.45) is 5.16 Å². The van der Waals surface area contributed by atoms with Crippen molar-refractivity contribution < 1.29 is 19.1 Å². The van der Waals surface area contributed by atoms with Gasteiger partial charge in [0.05, 0.1) is 26.0 Å². The molecule has 1 aromatic rings. The molecule has 0 amide bonds. The number of rotatable bonds is 7. The fourth-order valence-corrected chi connectivity index (χ4v) is 0.962. The Morgan fingerprint density at radius 3 is 2.62 bits per heavy atom. The zero-order chi connectivity index (χ0) is 11.6. The van der Waals surface area contributed by atoms with Crippen molar-refractivity contribution in [2.75, 3.05) is 26.4 Å². The maximum Gasteiger partial charge on any atom is 0.140 e. The van der Waals surface area contributed by atoms with Crippen LogP contribution in [0.5, 0.6) is 0 Å². The van der Waals surface area contributed by atoms with Crippen molar-refractivity contribution in [3.63, 3.8) is 0 Å². The lowest BCUT2D eigenvalue weighted by Gasteiger charge is -2.00. The van der Waals surface area contributed by atoms with Crippen LogP contribution in [-0.2, 0) is 9.57 Å². The number of ether oxygens (including phenoxy) is 1. The van der Waals surface area contributed by atoms with Crippen LogP contribution in [0.2, 0.25) is 0 Å². The van der Waals surface area contributed by atoms with Gasteiger partial charge in [-0.2, -0.15) is 0 Å². The van der Waals surface area contributed by atoms with Crippen LogP contribution in [0.4, 0.5) is 4.39 Å². The first-order valence-corrected chi connectivity index (χ1v) is 4.92. The zero-order valence-electron chi connectivity index (χ0n) is 8.80. The molecule has 0 aliphatic rings. The van der Waals surface area contributed by atoms with Crippen LogP contribution in [-0.4, -0.2) is 37.7 Å². The van der Waals surface area contributed by atoms with Crippen molar-refractivity contribution in [2.45, 2.75) is 0 Å². The first-order valence-electron chi connectivity index (χ1n) is 4.92. The molecule has 0 aliphatic carbocycles. The first-order chi connectivity index (χ1) is 7.83. The molecule has 0 unspecified atom stereocenters. The fraction of sp³-hybridized carbons (Fsp3) is 0.364. The molecule has 1 rings (SSSR count). The lowest BCUT2D eigenvalue weighted by atomic mass is 10.2. The van der Waals surface area contributed by atoms with Crippen LogP contribution >= 0.6 is 0 Å². The molecule has 0 saturated carbocycles. The van der Waals surface area contributed by atoms with Gasteiger partial charge < -0.3 is 14.7 Å². The number of oxime groups is 1. The minimum atomic E-state index is -0.282. The van der Waals surface area contributed by atoms with Crippen LogP contribution in [0.3, 0.4) is 0 Å². The first kappa shape index (κ1) is 12.6. The van der Waals surface area contributed by atoms with Gasteiger partial charge in [-0.1, -0.05) is 17.3 Å². The van der Waals surface area contributed by atoms with E-state index in [9.17, 15) is 4.39 Å². The summed E-state index contributed by atoms with van der Waals surface area (Å²) in [5, 5.41) is 12.1. The molecule has 1 N–H and O–H groups in total. The quantitative estimate of drug-likeness (QED) is 0.431. The molecule has 0 radical (unpaired) electrons. The van der Waals surface area contributed by atoms with E-state index in [2.05, 4.69) is 5.16 Å². The maximum absolute atomic E-state index is 12.5. The second kappa shape index (κ2) is 7.78. The highest BCUT2D eigenvalue weighted by Crippen LogP contribution is 1.99. The minimum absolute atomic E-state index is 0.00114. The standard InChI is InChI=1S/C11H14FNO3/c12-11-3-1-10(2-4-11)9-13-16-8-7-15-6-5-14/h1-4,9,14H,5-8H2/b13-9-/i12-1. The molecule has 0 atom stereocenters. The smallest absolute Gasteiger partial charge is 0.140 e. The summed E-state index contributed by atoms with van der Waals surface area (Å²) >= 11 is 0. The molecule has 16 heavy (non-hydrogen) atoms. The third kappa shape index (κ3) is 5.43. The Morgan fingerprint density at radius 2 is 1.94 bits per heavy atom. The molecule has 4 nitrogen and oxygen atoms in total. The normalized spacial score (nSPS) is 10.9. The molecule has 0 saturated heterocycles. The summed E-state index contributed by atoms with van der Waals surface area (Å²) in [6.45, 7) is 0.989. The molecule has 0 fully saturated rings. The molecule has 0 spiro atoms. The van der Waals surface area contributed by atoms with E-state index in [1.165, 1.54) is 18.3 Å². The molecule has 5 heteroatoms. The van der Waals surface area contributed by atoms with Crippen LogP contribution in [0, 0.1) is 5.82 Å². The van der Waals surface area contributed by atoms with Crippen molar-refractivity contribution in [3.05, 3.63) is 35.6 Å². The maximum atomic E-state index is 12.5. The fourth-order valence-electron chi connectivity index (χ4n) is 0.962. The molecular formula is C11H14FNO3. The Balaban J connectivity index is 2.14. The van der Waals surface area contributed by atoms with Crippen LogP contribution in [0.15, 0.2) is 29.4 Å². The second-order valence-corrected chi connectivity index (χ2v) is 2.96. The monoisotopic (exact) mass is 226 g/mol. The highest BCUT2D eigenvalue weighted by Gasteiger charge is 1.90. The predicted molar refractivity (Wildman–Crippen MR) is 57.9 cm³/mol. The molecule has 0 aliphatic heterocycles. The van der Waals surface area contributed by atoms with E-state index >= 15 is 0 Å². The van der Waals surface area contributed by atoms with Crippen molar-refractivity contribution >= 4 is 6.21 Å². The van der Waals surface area contributed by atoms with Gasteiger partial charge in [0.1, 0.15) is 12.4 Å². The molecule has 0 heterocycles. The number of hydrogen-bond donors (Lipinski definition) is 1. The van der Waals surface area contributed by atoms with Crippen molar-refractivity contribution in [3.8, 4) is 0 Å². The van der Waals surface area contributed by atoms with Gasteiger partial charge in [0, 0.05) is 0 Å². The van der Waals surface area contributed by atoms with Gasteiger partial charge in [-0.05, 0) is 17.7 Å². The lowest BCUT2D eigenvalue weighted by Crippen LogP contribution is -2.05. The molecule has 0 aromatic heterocycles. The Bertz CT molecular complexity index is 314. The Morgan fingerprint density at radius 1 is 1.19 bits per heavy atom. The summed E-state index contributed by atoms with van der Waals surface area (Å²) in [6.07, 6.45) is 1.49. The third-order valence-electron chi connectivity index (χ3n) is 1.70. The van der Waals surface area contributed by atoms with E-state index in [-0.39, 0.29) is 12.4 Å². The van der Waals surface area contributed by atoms with E-state index in [0.717, 1.165) is 5.56 Å². The molecule has 1 aromatic carbocycles. The summed E-state index contributed by atoms with van der Waals surface area (Å²) in [4.78, 5) is 4.88. The average molecular weight is 226 g/mol. The molecule has 0 bridgehead atoms. The van der Waals surface area contributed by atoms with Gasteiger partial charge in [0.25, 0.3) is 0 Å². The van der Waals surface area contributed by atoms with Gasteiger partial charge in [0.15, 0.2) is 0 Å². The summed E-state index contributed by atoms with van der Waals surface area (Å²) in [5.41, 5.74) is 0.762. The third-order valence-corrected chi connectivity index (χ3v) is 1.70. The minimum Gasteiger partial charge on any atom is -0.394 e. The predicted octanol–water partition coefficient (Wildman–Crippen LogP) is 1.19. The van der Waals surface area contributed by atoms with E-state index in [4.69, 9.17) is 14.7 Å². The number of halogens is 1. The summed E-state index contributed by atoms with van der Waals surface area (Å²) < 4.78 is 17.5. The second-order valence-electron chi connectivity index (χ2n) is 2.96. The average Bonchev–Trinajstić information content (AvgIpc) is 2.30. The van der Waals surface area contributed by atoms with Crippen molar-refractivity contribution in [1.29, 1.82) is 0 Å². The number of hydrogen-bond acceptors (Lipinski definition) is 4. The van der Waals surface area contributed by atoms with Crippen LogP contribution in [0.1, 0.15) is 5.56 Å². The zero-order valence-corrected chi connectivity index (χ0v) is 8.80. The Kier molecular flexibility index (Phi) is 6.13. The molecule has 88 valence electrons. The largest absolute Gasteiger partial charge is 0.394 e. The Hall–Kier alpha value is -1.46. The van der Waals surface area contributed by atoms with E-state index < -0.39 is 0 Å². The number of nitrogens with zero attached hydrogens (tertiary/aromatic N) is 1. The highest BCUT2D eigenvalue weighted by atomic mass is 18.2. The van der Waals surface area contributed by atoms with Crippen LogP contribution in [0.25, 0.3) is 0 Å². The van der Waals surface area contributed by atoms with E-state index in [1.807, 2.05) is 0 Å². The van der Waals surface area contributed by atoms with E-state index in [1.54, 1.807) is 12.1 Å². The highest BCUT2D eigenvalue weighted by molar-refractivity contribution is 5.78. The van der Waals surface area contributed by atoms with Gasteiger partial charge in [0.2, 0.25) is 0 Å².